The van der Waals surface area contributed by atoms with Gasteiger partial charge in [-0.3, -0.25) is 14.9 Å². The molecule has 1 aliphatic heterocycles. The van der Waals surface area contributed by atoms with Crippen molar-refractivity contribution >= 4 is 40.9 Å². The van der Waals surface area contributed by atoms with Crippen molar-refractivity contribution in [3.8, 4) is 5.75 Å². The highest BCUT2D eigenvalue weighted by Crippen LogP contribution is 2.32. The van der Waals surface area contributed by atoms with Gasteiger partial charge in [0.2, 0.25) is 11.8 Å². The fourth-order valence-corrected chi connectivity index (χ4v) is 3.19. The summed E-state index contributed by atoms with van der Waals surface area (Å²) in [6.45, 7) is 4.50. The van der Waals surface area contributed by atoms with E-state index in [0.29, 0.717) is 29.7 Å². The van der Waals surface area contributed by atoms with Gasteiger partial charge in [0.05, 0.1) is 28.9 Å². The van der Waals surface area contributed by atoms with Gasteiger partial charge in [0.1, 0.15) is 5.75 Å². The number of rotatable bonds is 6. The van der Waals surface area contributed by atoms with Crippen LogP contribution in [0.5, 0.6) is 5.75 Å². The molecule has 0 aliphatic carbocycles. The van der Waals surface area contributed by atoms with Crippen molar-refractivity contribution in [1.82, 2.24) is 5.32 Å². The monoisotopic (exact) mass is 357 g/mol. The summed E-state index contributed by atoms with van der Waals surface area (Å²) < 4.78 is 5.62. The molecule has 1 saturated heterocycles. The number of thioether (sulfide) groups is 1. The third-order valence-electron chi connectivity index (χ3n) is 3.19. The lowest BCUT2D eigenvalue weighted by molar-refractivity contribution is -0.117. The molecular formula is C15H20ClN3O3S. The SMILES string of the molecule is CC(C)COc1cc(NC(=O)C2CSCN2)c(Cl)c(C(N)=O)c1. The molecule has 0 bridgehead atoms. The van der Waals surface area contributed by atoms with Gasteiger partial charge in [-0.05, 0) is 12.0 Å². The normalized spacial score (nSPS) is 17.3. The number of nitrogens with two attached hydrogens (primary N) is 1. The molecule has 8 heteroatoms. The summed E-state index contributed by atoms with van der Waals surface area (Å²) in [6.07, 6.45) is 0. The van der Waals surface area contributed by atoms with Crippen LogP contribution >= 0.6 is 23.4 Å². The molecule has 2 amide bonds. The maximum Gasteiger partial charge on any atom is 0.250 e. The summed E-state index contributed by atoms with van der Waals surface area (Å²) in [4.78, 5) is 23.8. The Morgan fingerprint density at radius 3 is 2.83 bits per heavy atom. The number of hydrogen-bond donors (Lipinski definition) is 3. The first-order chi connectivity index (χ1) is 10.9. The van der Waals surface area contributed by atoms with E-state index >= 15 is 0 Å². The quantitative estimate of drug-likeness (QED) is 0.724. The molecule has 6 nitrogen and oxygen atoms in total. The van der Waals surface area contributed by atoms with E-state index in [1.54, 1.807) is 17.8 Å². The molecule has 1 aromatic carbocycles. The van der Waals surface area contributed by atoms with Gasteiger partial charge in [0.25, 0.3) is 0 Å². The van der Waals surface area contributed by atoms with Crippen molar-refractivity contribution in [3.05, 3.63) is 22.7 Å². The lowest BCUT2D eigenvalue weighted by Crippen LogP contribution is -2.37. The molecular weight excluding hydrogens is 338 g/mol. The van der Waals surface area contributed by atoms with Crippen molar-refractivity contribution in [2.24, 2.45) is 11.7 Å². The topological polar surface area (TPSA) is 93.4 Å². The number of benzene rings is 1. The largest absolute Gasteiger partial charge is 0.493 e. The maximum absolute atomic E-state index is 12.2. The zero-order valence-corrected chi connectivity index (χ0v) is 14.6. The molecule has 1 fully saturated rings. The van der Waals surface area contributed by atoms with Crippen LogP contribution in [0.15, 0.2) is 12.1 Å². The Kier molecular flexibility index (Phi) is 6.15. The molecule has 1 atom stereocenters. The van der Waals surface area contributed by atoms with Crippen LogP contribution in [0.3, 0.4) is 0 Å². The summed E-state index contributed by atoms with van der Waals surface area (Å²) in [5.74, 6) is 1.32. The average molecular weight is 358 g/mol. The van der Waals surface area contributed by atoms with Gasteiger partial charge in [-0.2, -0.15) is 0 Å². The zero-order valence-electron chi connectivity index (χ0n) is 13.0. The molecule has 23 heavy (non-hydrogen) atoms. The highest BCUT2D eigenvalue weighted by molar-refractivity contribution is 7.99. The van der Waals surface area contributed by atoms with Crippen LogP contribution < -0.4 is 21.1 Å². The van der Waals surface area contributed by atoms with Gasteiger partial charge in [-0.25, -0.2) is 0 Å². The fourth-order valence-electron chi connectivity index (χ4n) is 2.00. The van der Waals surface area contributed by atoms with E-state index in [-0.39, 0.29) is 22.5 Å². The Labute approximate surface area is 144 Å². The summed E-state index contributed by atoms with van der Waals surface area (Å²) in [7, 11) is 0. The summed E-state index contributed by atoms with van der Waals surface area (Å²) in [5.41, 5.74) is 5.80. The first-order valence-electron chi connectivity index (χ1n) is 7.26. The van der Waals surface area contributed by atoms with Crippen molar-refractivity contribution in [1.29, 1.82) is 0 Å². The summed E-state index contributed by atoms with van der Waals surface area (Å²) in [6, 6.07) is 2.82. The number of carbonyl (C=O) groups excluding carboxylic acids is 2. The lowest BCUT2D eigenvalue weighted by Gasteiger charge is -2.16. The Bertz CT molecular complexity index is 604. The van der Waals surface area contributed by atoms with Gasteiger partial charge in [0.15, 0.2) is 0 Å². The molecule has 2 rings (SSSR count). The van der Waals surface area contributed by atoms with E-state index in [2.05, 4.69) is 10.6 Å². The van der Waals surface area contributed by atoms with Gasteiger partial charge < -0.3 is 15.8 Å². The number of anilines is 1. The minimum atomic E-state index is -0.671. The van der Waals surface area contributed by atoms with Gasteiger partial charge >= 0.3 is 0 Å². The van der Waals surface area contributed by atoms with E-state index in [9.17, 15) is 9.59 Å². The number of ether oxygens (including phenoxy) is 1. The number of carbonyl (C=O) groups is 2. The van der Waals surface area contributed by atoms with Crippen molar-refractivity contribution in [2.75, 3.05) is 23.6 Å². The molecule has 0 saturated carbocycles. The van der Waals surface area contributed by atoms with Crippen molar-refractivity contribution < 1.29 is 14.3 Å². The molecule has 0 radical (unpaired) electrons. The van der Waals surface area contributed by atoms with Crippen LogP contribution in [0, 0.1) is 5.92 Å². The lowest BCUT2D eigenvalue weighted by atomic mass is 10.1. The van der Waals surface area contributed by atoms with E-state index in [0.717, 1.165) is 5.88 Å². The van der Waals surface area contributed by atoms with Crippen LogP contribution in [-0.4, -0.2) is 36.1 Å². The smallest absolute Gasteiger partial charge is 0.250 e. The van der Waals surface area contributed by atoms with E-state index in [4.69, 9.17) is 22.1 Å². The molecule has 0 aromatic heterocycles. The molecule has 1 aliphatic rings. The second-order valence-corrected chi connectivity index (χ2v) is 7.07. The van der Waals surface area contributed by atoms with E-state index in [1.807, 2.05) is 13.8 Å². The minimum absolute atomic E-state index is 0.119. The summed E-state index contributed by atoms with van der Waals surface area (Å²) in [5, 5.41) is 5.93. The number of hydrogen-bond acceptors (Lipinski definition) is 5. The zero-order chi connectivity index (χ0) is 17.0. The predicted octanol–water partition coefficient (Wildman–Crippen LogP) is 2.07. The second-order valence-electron chi connectivity index (χ2n) is 5.66. The van der Waals surface area contributed by atoms with E-state index in [1.165, 1.54) is 6.07 Å². The summed E-state index contributed by atoms with van der Waals surface area (Å²) >= 11 is 7.84. The average Bonchev–Trinajstić information content (AvgIpc) is 3.01. The van der Waals surface area contributed by atoms with Crippen molar-refractivity contribution in [2.45, 2.75) is 19.9 Å². The number of nitrogens with one attached hydrogen (secondary N) is 2. The molecule has 1 heterocycles. The van der Waals surface area contributed by atoms with Crippen LogP contribution in [-0.2, 0) is 4.79 Å². The van der Waals surface area contributed by atoms with Crippen LogP contribution in [0.2, 0.25) is 5.02 Å². The van der Waals surface area contributed by atoms with Gasteiger partial charge in [-0.15, -0.1) is 11.8 Å². The predicted molar refractivity (Wildman–Crippen MR) is 93.2 cm³/mol. The Hall–Kier alpha value is -1.44. The Morgan fingerprint density at radius 1 is 1.52 bits per heavy atom. The Morgan fingerprint density at radius 2 is 2.26 bits per heavy atom. The molecule has 0 spiro atoms. The highest BCUT2D eigenvalue weighted by Gasteiger charge is 2.24. The number of amides is 2. The minimum Gasteiger partial charge on any atom is -0.493 e. The molecule has 4 N–H and O–H groups in total. The third-order valence-corrected chi connectivity index (χ3v) is 4.53. The third kappa shape index (κ3) is 4.76. The standard InChI is InChI=1S/C15H20ClN3O3S/c1-8(2)5-22-9-3-10(14(17)20)13(16)11(4-9)19-15(21)12-6-23-7-18-12/h3-4,8,12,18H,5-7H2,1-2H3,(H2,17,20)(H,19,21). The highest BCUT2D eigenvalue weighted by atomic mass is 35.5. The van der Waals surface area contributed by atoms with Crippen molar-refractivity contribution in [3.63, 3.8) is 0 Å². The fraction of sp³-hybridized carbons (Fsp3) is 0.467. The number of primary amides is 1. The molecule has 1 aromatic rings. The van der Waals surface area contributed by atoms with Crippen LogP contribution in [0.1, 0.15) is 24.2 Å². The maximum atomic E-state index is 12.2. The van der Waals surface area contributed by atoms with Crippen LogP contribution in [0.4, 0.5) is 5.69 Å². The Balaban J connectivity index is 2.24. The second kappa shape index (κ2) is 7.90. The number of halogens is 1. The first kappa shape index (κ1) is 17.9. The molecule has 126 valence electrons. The van der Waals surface area contributed by atoms with Gasteiger partial charge in [-0.1, -0.05) is 25.4 Å². The first-order valence-corrected chi connectivity index (χ1v) is 8.80. The van der Waals surface area contributed by atoms with E-state index < -0.39 is 5.91 Å². The van der Waals surface area contributed by atoms with Crippen LogP contribution in [0.25, 0.3) is 0 Å². The van der Waals surface area contributed by atoms with Gasteiger partial charge in [0, 0.05) is 17.7 Å². The molecule has 1 unspecified atom stereocenters.